The average molecular weight is 343 g/mol. The molecule has 0 aliphatic carbocycles. The zero-order chi connectivity index (χ0) is 18.4. The Hall–Kier alpha value is -3.03. The van der Waals surface area contributed by atoms with Crippen LogP contribution in [0.15, 0.2) is 30.6 Å². The Morgan fingerprint density at radius 3 is 2.76 bits per heavy atom. The molecule has 0 aliphatic heterocycles. The number of nitrogens with zero attached hydrogens (tertiary/aromatic N) is 4. The molecule has 1 heterocycles. The highest BCUT2D eigenvalue weighted by Crippen LogP contribution is 2.33. The van der Waals surface area contributed by atoms with Crippen LogP contribution in [-0.2, 0) is 0 Å². The molecule has 132 valence electrons. The molecule has 0 amide bonds. The van der Waals surface area contributed by atoms with Crippen LogP contribution in [0.3, 0.4) is 0 Å². The number of Topliss-reactive ketones (excluding diaryl/α,β-unsaturated/α-hetero) is 1. The minimum Gasteiger partial charge on any atom is -0.354 e. The maximum Gasteiger partial charge on any atom is 0.353 e. The van der Waals surface area contributed by atoms with Crippen molar-refractivity contribution in [2.45, 2.75) is 26.7 Å². The molecule has 2 rings (SSSR count). The molecule has 0 saturated carbocycles. The highest BCUT2D eigenvalue weighted by atomic mass is 16.6. The predicted molar refractivity (Wildman–Crippen MR) is 96.6 cm³/mol. The summed E-state index contributed by atoms with van der Waals surface area (Å²) in [7, 11) is 1.77. The van der Waals surface area contributed by atoms with Crippen LogP contribution in [-0.4, -0.2) is 34.3 Å². The third-order valence-corrected chi connectivity index (χ3v) is 3.73. The summed E-state index contributed by atoms with van der Waals surface area (Å²) in [6, 6.07) is 6.75. The molecule has 0 saturated heterocycles. The summed E-state index contributed by atoms with van der Waals surface area (Å²) in [5.41, 5.74) is 0.882. The molecule has 8 nitrogen and oxygen atoms in total. The van der Waals surface area contributed by atoms with Crippen molar-refractivity contribution < 1.29 is 9.72 Å². The van der Waals surface area contributed by atoms with Crippen LogP contribution in [0, 0.1) is 10.1 Å². The minimum absolute atomic E-state index is 0.0826. The van der Waals surface area contributed by atoms with Gasteiger partial charge in [-0.2, -0.15) is 0 Å². The van der Waals surface area contributed by atoms with E-state index in [4.69, 9.17) is 0 Å². The van der Waals surface area contributed by atoms with Crippen molar-refractivity contribution in [2.75, 3.05) is 23.8 Å². The molecule has 0 bridgehead atoms. The maximum atomic E-state index is 11.6. The second-order valence-corrected chi connectivity index (χ2v) is 5.69. The lowest BCUT2D eigenvalue weighted by atomic mass is 10.1. The van der Waals surface area contributed by atoms with Gasteiger partial charge in [0.05, 0.1) is 4.92 Å². The molecule has 0 atom stereocenters. The first-order valence-electron chi connectivity index (χ1n) is 8.02. The van der Waals surface area contributed by atoms with E-state index in [0.717, 1.165) is 12.8 Å². The highest BCUT2D eigenvalue weighted by molar-refractivity contribution is 5.95. The molecule has 0 unspecified atom stereocenters. The largest absolute Gasteiger partial charge is 0.354 e. The lowest BCUT2D eigenvalue weighted by Crippen LogP contribution is -2.21. The molecule has 25 heavy (non-hydrogen) atoms. The molecule has 8 heteroatoms. The van der Waals surface area contributed by atoms with Gasteiger partial charge in [0.25, 0.3) is 0 Å². The van der Waals surface area contributed by atoms with Crippen LogP contribution >= 0.6 is 0 Å². The first kappa shape index (κ1) is 18.3. The van der Waals surface area contributed by atoms with Gasteiger partial charge < -0.3 is 10.2 Å². The van der Waals surface area contributed by atoms with E-state index < -0.39 is 4.92 Å². The summed E-state index contributed by atoms with van der Waals surface area (Å²) in [6.45, 7) is 4.18. The van der Waals surface area contributed by atoms with Crippen molar-refractivity contribution in [2.24, 2.45) is 0 Å². The van der Waals surface area contributed by atoms with Gasteiger partial charge in [-0.15, -0.1) is 0 Å². The maximum absolute atomic E-state index is 11.6. The van der Waals surface area contributed by atoms with Crippen molar-refractivity contribution >= 4 is 28.8 Å². The molecule has 0 radical (unpaired) electrons. The van der Waals surface area contributed by atoms with Gasteiger partial charge in [0.1, 0.15) is 6.33 Å². The number of aromatic nitrogens is 2. The normalized spacial score (nSPS) is 10.4. The molecule has 1 N–H and O–H groups in total. The number of unbranched alkanes of at least 4 members (excludes halogenated alkanes) is 1. The number of hydrogen-bond acceptors (Lipinski definition) is 7. The SMILES string of the molecule is CCCCN(C)c1ncnc(Nc2cccc(C(C)=O)c2)c1[N+](=O)[O-]. The van der Waals surface area contributed by atoms with E-state index in [0.29, 0.717) is 17.8 Å². The van der Waals surface area contributed by atoms with Crippen molar-refractivity contribution in [1.29, 1.82) is 0 Å². The summed E-state index contributed by atoms with van der Waals surface area (Å²) < 4.78 is 0. The Kier molecular flexibility index (Phi) is 5.99. The monoisotopic (exact) mass is 343 g/mol. The van der Waals surface area contributed by atoms with E-state index in [2.05, 4.69) is 22.2 Å². The van der Waals surface area contributed by atoms with Crippen molar-refractivity contribution in [3.63, 3.8) is 0 Å². The van der Waals surface area contributed by atoms with Gasteiger partial charge in [0.2, 0.25) is 11.6 Å². The molecular weight excluding hydrogens is 322 g/mol. The van der Waals surface area contributed by atoms with E-state index in [9.17, 15) is 14.9 Å². The third-order valence-electron chi connectivity index (χ3n) is 3.73. The Balaban J connectivity index is 2.39. The van der Waals surface area contributed by atoms with E-state index in [1.165, 1.54) is 13.3 Å². The number of hydrogen-bond donors (Lipinski definition) is 1. The first-order valence-corrected chi connectivity index (χ1v) is 8.02. The standard InChI is InChI=1S/C17H21N5O3/c1-4-5-9-21(3)17-15(22(24)25)16(18-11-19-17)20-14-8-6-7-13(10-14)12(2)23/h6-8,10-11H,4-5,9H2,1-3H3,(H,18,19,20). The minimum atomic E-state index is -0.491. The average Bonchev–Trinajstić information content (AvgIpc) is 2.59. The molecule has 1 aromatic carbocycles. The van der Waals surface area contributed by atoms with Gasteiger partial charge in [-0.05, 0) is 25.5 Å². The number of nitrogens with one attached hydrogen (secondary N) is 1. The van der Waals surface area contributed by atoms with Crippen LogP contribution in [0.25, 0.3) is 0 Å². The third kappa shape index (κ3) is 4.50. The summed E-state index contributed by atoms with van der Waals surface area (Å²) in [5.74, 6) is 0.276. The van der Waals surface area contributed by atoms with E-state index >= 15 is 0 Å². The Bertz CT molecular complexity index is 779. The number of rotatable bonds is 8. The van der Waals surface area contributed by atoms with Gasteiger partial charge >= 0.3 is 5.69 Å². The van der Waals surface area contributed by atoms with Crippen molar-refractivity contribution in [3.05, 3.63) is 46.3 Å². The van der Waals surface area contributed by atoms with Gasteiger partial charge in [0.15, 0.2) is 5.78 Å². The van der Waals surface area contributed by atoms with Crippen LogP contribution in [0.4, 0.5) is 23.0 Å². The zero-order valence-corrected chi connectivity index (χ0v) is 14.5. The summed E-state index contributed by atoms with van der Waals surface area (Å²) >= 11 is 0. The second-order valence-electron chi connectivity index (χ2n) is 5.69. The number of carbonyl (C=O) groups excluding carboxylic acids is 1. The van der Waals surface area contributed by atoms with E-state index in [1.54, 1.807) is 36.2 Å². The fraction of sp³-hybridized carbons (Fsp3) is 0.353. The fourth-order valence-electron chi connectivity index (χ4n) is 2.36. The molecule has 0 aliphatic rings. The zero-order valence-electron chi connectivity index (χ0n) is 14.5. The van der Waals surface area contributed by atoms with Crippen LogP contribution < -0.4 is 10.2 Å². The predicted octanol–water partition coefficient (Wildman–Crippen LogP) is 3.57. The highest BCUT2D eigenvalue weighted by Gasteiger charge is 2.25. The number of anilines is 3. The number of nitro groups is 1. The molecule has 2 aromatic rings. The van der Waals surface area contributed by atoms with Gasteiger partial charge in [-0.25, -0.2) is 9.97 Å². The Morgan fingerprint density at radius 2 is 2.12 bits per heavy atom. The fourth-order valence-corrected chi connectivity index (χ4v) is 2.36. The summed E-state index contributed by atoms with van der Waals surface area (Å²) in [5, 5.41) is 14.5. The van der Waals surface area contributed by atoms with Crippen LogP contribution in [0.5, 0.6) is 0 Å². The van der Waals surface area contributed by atoms with Gasteiger partial charge in [0, 0.05) is 24.8 Å². The molecule has 1 aromatic heterocycles. The molecule has 0 fully saturated rings. The van der Waals surface area contributed by atoms with E-state index in [1.807, 2.05) is 0 Å². The van der Waals surface area contributed by atoms with Gasteiger partial charge in [-0.1, -0.05) is 25.5 Å². The van der Waals surface area contributed by atoms with Crippen molar-refractivity contribution in [1.82, 2.24) is 9.97 Å². The number of carbonyl (C=O) groups is 1. The van der Waals surface area contributed by atoms with Gasteiger partial charge in [-0.3, -0.25) is 14.9 Å². The lowest BCUT2D eigenvalue weighted by Gasteiger charge is -2.18. The summed E-state index contributed by atoms with van der Waals surface area (Å²) in [6.07, 6.45) is 3.18. The van der Waals surface area contributed by atoms with Crippen LogP contribution in [0.2, 0.25) is 0 Å². The molecular formula is C17H21N5O3. The molecule has 0 spiro atoms. The Morgan fingerprint density at radius 1 is 1.36 bits per heavy atom. The quantitative estimate of drug-likeness (QED) is 0.444. The van der Waals surface area contributed by atoms with Crippen molar-refractivity contribution in [3.8, 4) is 0 Å². The number of ketones is 1. The lowest BCUT2D eigenvalue weighted by molar-refractivity contribution is -0.383. The Labute approximate surface area is 146 Å². The topological polar surface area (TPSA) is 101 Å². The number of benzene rings is 1. The second kappa shape index (κ2) is 8.18. The van der Waals surface area contributed by atoms with E-state index in [-0.39, 0.29) is 23.1 Å². The first-order chi connectivity index (χ1) is 11.9. The summed E-state index contributed by atoms with van der Waals surface area (Å²) in [4.78, 5) is 32.4. The van der Waals surface area contributed by atoms with Crippen LogP contribution in [0.1, 0.15) is 37.0 Å². The smallest absolute Gasteiger partial charge is 0.353 e.